The van der Waals surface area contributed by atoms with E-state index in [1.165, 1.54) is 0 Å². The van der Waals surface area contributed by atoms with Gasteiger partial charge >= 0.3 is 0 Å². The van der Waals surface area contributed by atoms with Crippen LogP contribution in [-0.4, -0.2) is 10.5 Å². The number of benzene rings is 1. The van der Waals surface area contributed by atoms with Crippen LogP contribution < -0.4 is 5.32 Å². The standard InChI is InChI=1S/C11H8ClFN2O/c12-4-7-3-6-1-2-15-5-8(16)14-10(9(7)13)11(6)15/h1-3H,4-5H2,(H,14,16). The van der Waals surface area contributed by atoms with Gasteiger partial charge in [-0.05, 0) is 12.1 Å². The van der Waals surface area contributed by atoms with Gasteiger partial charge in [0.1, 0.15) is 12.2 Å². The lowest BCUT2D eigenvalue weighted by molar-refractivity contribution is -0.116. The monoisotopic (exact) mass is 238 g/mol. The summed E-state index contributed by atoms with van der Waals surface area (Å²) >= 11 is 5.66. The molecule has 1 amide bonds. The maximum absolute atomic E-state index is 14.0. The van der Waals surface area contributed by atoms with E-state index in [1.54, 1.807) is 16.8 Å². The van der Waals surface area contributed by atoms with Crippen molar-refractivity contribution in [2.24, 2.45) is 0 Å². The Labute approximate surface area is 95.8 Å². The van der Waals surface area contributed by atoms with Crippen molar-refractivity contribution in [3.05, 3.63) is 29.7 Å². The smallest absolute Gasteiger partial charge is 0.244 e. The summed E-state index contributed by atoms with van der Waals surface area (Å²) in [7, 11) is 0. The minimum atomic E-state index is -0.435. The van der Waals surface area contributed by atoms with Gasteiger partial charge < -0.3 is 9.88 Å². The van der Waals surface area contributed by atoms with Gasteiger partial charge in [0, 0.05) is 17.1 Å². The first-order valence-corrected chi connectivity index (χ1v) is 5.40. The van der Waals surface area contributed by atoms with Crippen LogP contribution in [-0.2, 0) is 17.2 Å². The van der Waals surface area contributed by atoms with Gasteiger partial charge in [-0.2, -0.15) is 0 Å². The average Bonchev–Trinajstić information content (AvgIpc) is 2.66. The zero-order valence-electron chi connectivity index (χ0n) is 8.26. The molecule has 0 atom stereocenters. The quantitative estimate of drug-likeness (QED) is 0.761. The second-order valence-electron chi connectivity index (χ2n) is 3.79. The topological polar surface area (TPSA) is 34.0 Å². The molecule has 1 aliphatic rings. The summed E-state index contributed by atoms with van der Waals surface area (Å²) in [5.74, 6) is -0.554. The zero-order chi connectivity index (χ0) is 11.3. The molecule has 2 aromatic rings. The fourth-order valence-electron chi connectivity index (χ4n) is 2.09. The summed E-state index contributed by atoms with van der Waals surface area (Å²) in [5, 5.41) is 3.46. The first-order chi connectivity index (χ1) is 7.70. The van der Waals surface area contributed by atoms with Crippen molar-refractivity contribution in [1.82, 2.24) is 4.57 Å². The molecule has 82 valence electrons. The molecule has 1 aromatic heterocycles. The highest BCUT2D eigenvalue weighted by atomic mass is 35.5. The molecule has 0 aliphatic carbocycles. The van der Waals surface area contributed by atoms with E-state index in [1.807, 2.05) is 6.07 Å². The molecule has 0 fully saturated rings. The van der Waals surface area contributed by atoms with E-state index in [4.69, 9.17) is 11.6 Å². The molecule has 0 bridgehead atoms. The summed E-state index contributed by atoms with van der Waals surface area (Å²) in [6, 6.07) is 3.57. The van der Waals surface area contributed by atoms with Crippen LogP contribution >= 0.6 is 11.6 Å². The Kier molecular flexibility index (Phi) is 1.94. The number of hydrogen-bond acceptors (Lipinski definition) is 1. The minimum absolute atomic E-state index is 0.0931. The Bertz CT molecular complexity index is 606. The Morgan fingerprint density at radius 3 is 3.12 bits per heavy atom. The van der Waals surface area contributed by atoms with Crippen molar-refractivity contribution >= 4 is 34.1 Å². The SMILES string of the molecule is O=C1Cn2ccc3cc(CCl)c(F)c(c32)N1. The number of halogens is 2. The van der Waals surface area contributed by atoms with E-state index >= 15 is 0 Å². The van der Waals surface area contributed by atoms with E-state index in [2.05, 4.69) is 5.32 Å². The summed E-state index contributed by atoms with van der Waals surface area (Å²) in [4.78, 5) is 11.4. The number of nitrogens with one attached hydrogen (secondary N) is 1. The number of aromatic nitrogens is 1. The van der Waals surface area contributed by atoms with Gasteiger partial charge in [-0.25, -0.2) is 4.39 Å². The number of amides is 1. The van der Waals surface area contributed by atoms with Crippen LogP contribution in [0, 0.1) is 5.82 Å². The normalized spacial score (nSPS) is 14.2. The van der Waals surface area contributed by atoms with Gasteiger partial charge in [-0.1, -0.05) is 0 Å². The number of hydrogen-bond donors (Lipinski definition) is 1. The van der Waals surface area contributed by atoms with Crippen LogP contribution in [0.5, 0.6) is 0 Å². The lowest BCUT2D eigenvalue weighted by Gasteiger charge is -2.18. The van der Waals surface area contributed by atoms with E-state index in [9.17, 15) is 9.18 Å². The summed E-state index contributed by atoms with van der Waals surface area (Å²) in [6.45, 7) is 0.232. The Morgan fingerprint density at radius 2 is 2.38 bits per heavy atom. The van der Waals surface area contributed by atoms with Gasteiger partial charge in [0.05, 0.1) is 11.4 Å². The highest BCUT2D eigenvalue weighted by Gasteiger charge is 2.22. The molecular formula is C11H8ClFN2O. The Morgan fingerprint density at radius 1 is 1.56 bits per heavy atom. The van der Waals surface area contributed by atoms with Crippen LogP contribution in [0.4, 0.5) is 10.1 Å². The van der Waals surface area contributed by atoms with Crippen molar-refractivity contribution in [3.63, 3.8) is 0 Å². The molecule has 0 saturated heterocycles. The summed E-state index contributed by atoms with van der Waals surface area (Å²) in [5.41, 5.74) is 1.38. The predicted molar refractivity (Wildman–Crippen MR) is 60.1 cm³/mol. The second kappa shape index (κ2) is 3.22. The van der Waals surface area contributed by atoms with E-state index < -0.39 is 5.82 Å². The van der Waals surface area contributed by atoms with E-state index in [0.717, 1.165) is 10.9 Å². The Hall–Kier alpha value is -1.55. The third kappa shape index (κ3) is 1.16. The zero-order valence-corrected chi connectivity index (χ0v) is 9.01. The number of nitrogens with zero attached hydrogens (tertiary/aromatic N) is 1. The van der Waals surface area contributed by atoms with Gasteiger partial charge in [0.25, 0.3) is 0 Å². The Balaban J connectivity index is 2.41. The number of alkyl halides is 1. The first-order valence-electron chi connectivity index (χ1n) is 4.86. The van der Waals surface area contributed by atoms with Crippen molar-refractivity contribution in [2.45, 2.75) is 12.4 Å². The van der Waals surface area contributed by atoms with Crippen LogP contribution in [0.3, 0.4) is 0 Å². The van der Waals surface area contributed by atoms with Gasteiger partial charge in [-0.3, -0.25) is 4.79 Å². The maximum atomic E-state index is 14.0. The molecule has 16 heavy (non-hydrogen) atoms. The van der Waals surface area contributed by atoms with E-state index in [0.29, 0.717) is 5.56 Å². The van der Waals surface area contributed by atoms with Gasteiger partial charge in [-0.15, -0.1) is 11.6 Å². The molecule has 0 radical (unpaired) electrons. The van der Waals surface area contributed by atoms with Crippen molar-refractivity contribution in [1.29, 1.82) is 0 Å². The third-order valence-electron chi connectivity index (χ3n) is 2.78. The molecule has 0 unspecified atom stereocenters. The number of carbonyl (C=O) groups is 1. The molecule has 0 saturated carbocycles. The van der Waals surface area contributed by atoms with Gasteiger partial charge in [0.2, 0.25) is 5.91 Å². The van der Waals surface area contributed by atoms with Crippen LogP contribution in [0.15, 0.2) is 18.3 Å². The lowest BCUT2D eigenvalue weighted by Crippen LogP contribution is -2.24. The van der Waals surface area contributed by atoms with Crippen LogP contribution in [0.25, 0.3) is 10.9 Å². The average molecular weight is 239 g/mol. The molecule has 0 spiro atoms. The van der Waals surface area contributed by atoms with Crippen LogP contribution in [0.1, 0.15) is 5.56 Å². The largest absolute Gasteiger partial charge is 0.336 e. The molecule has 3 rings (SSSR count). The van der Waals surface area contributed by atoms with Gasteiger partial charge in [0.15, 0.2) is 5.82 Å². The van der Waals surface area contributed by atoms with Crippen molar-refractivity contribution < 1.29 is 9.18 Å². The number of carbonyl (C=O) groups excluding carboxylic acids is 1. The third-order valence-corrected chi connectivity index (χ3v) is 3.07. The molecule has 5 heteroatoms. The molecular weight excluding hydrogens is 231 g/mol. The number of rotatable bonds is 1. The molecule has 3 nitrogen and oxygen atoms in total. The van der Waals surface area contributed by atoms with E-state index in [-0.39, 0.29) is 24.0 Å². The fraction of sp³-hybridized carbons (Fsp3) is 0.182. The molecule has 2 heterocycles. The van der Waals surface area contributed by atoms with Crippen molar-refractivity contribution in [2.75, 3.05) is 5.32 Å². The first kappa shape index (κ1) is 9.66. The molecule has 1 aromatic carbocycles. The fourth-order valence-corrected chi connectivity index (χ4v) is 2.28. The number of anilines is 1. The van der Waals surface area contributed by atoms with Crippen molar-refractivity contribution in [3.8, 4) is 0 Å². The maximum Gasteiger partial charge on any atom is 0.244 e. The molecule has 1 N–H and O–H groups in total. The van der Waals surface area contributed by atoms with Crippen LogP contribution in [0.2, 0.25) is 0 Å². The lowest BCUT2D eigenvalue weighted by atomic mass is 10.1. The second-order valence-corrected chi connectivity index (χ2v) is 4.06. The highest BCUT2D eigenvalue weighted by Crippen LogP contribution is 2.33. The predicted octanol–water partition coefficient (Wildman–Crippen LogP) is 2.47. The highest BCUT2D eigenvalue weighted by molar-refractivity contribution is 6.17. The molecule has 1 aliphatic heterocycles. The summed E-state index contributed by atoms with van der Waals surface area (Å²) < 4.78 is 15.7. The minimum Gasteiger partial charge on any atom is -0.336 e. The summed E-state index contributed by atoms with van der Waals surface area (Å²) in [6.07, 6.45) is 1.78.